The zero-order valence-electron chi connectivity index (χ0n) is 23.7. The van der Waals surface area contributed by atoms with Crippen LogP contribution in [0.3, 0.4) is 0 Å². The molecule has 226 valence electrons. The molecule has 2 aliphatic carbocycles. The molecular formula is C29H32O13. The second-order valence-electron chi connectivity index (χ2n) is 10.6. The first-order valence-corrected chi connectivity index (χ1v) is 13.1. The van der Waals surface area contributed by atoms with Crippen LogP contribution in [0.15, 0.2) is 18.2 Å². The van der Waals surface area contributed by atoms with Gasteiger partial charge in [0.1, 0.15) is 47.8 Å². The SMILES string of the molecule is COc1cc(O)c2c(c1)C(=O)c1cc3c(c(O)c1C2=O)[C@@H](O[C@@H]1O[C@H](C)[C@H](OC)[C@H](O)[C@@H]1OC)[C@@H](OC)[C@](C)(O)C3=O. The third-order valence-electron chi connectivity index (χ3n) is 8.26. The normalized spacial score (nSPS) is 32.3. The smallest absolute Gasteiger partial charge is 0.201 e. The molecule has 1 heterocycles. The highest BCUT2D eigenvalue weighted by molar-refractivity contribution is 6.31. The van der Waals surface area contributed by atoms with Crippen molar-refractivity contribution in [2.24, 2.45) is 0 Å². The molecule has 2 aromatic carbocycles. The second-order valence-corrected chi connectivity index (χ2v) is 10.6. The summed E-state index contributed by atoms with van der Waals surface area (Å²) in [7, 11) is 5.25. The highest BCUT2D eigenvalue weighted by atomic mass is 16.7. The van der Waals surface area contributed by atoms with Crippen molar-refractivity contribution in [3.63, 3.8) is 0 Å². The lowest BCUT2D eigenvalue weighted by Gasteiger charge is -2.46. The Balaban J connectivity index is 1.69. The van der Waals surface area contributed by atoms with E-state index in [1.165, 1.54) is 41.4 Å². The van der Waals surface area contributed by atoms with E-state index >= 15 is 0 Å². The van der Waals surface area contributed by atoms with Crippen molar-refractivity contribution >= 4 is 17.3 Å². The zero-order valence-corrected chi connectivity index (χ0v) is 23.7. The fourth-order valence-electron chi connectivity index (χ4n) is 6.14. The van der Waals surface area contributed by atoms with Gasteiger partial charge in [-0.25, -0.2) is 0 Å². The third-order valence-corrected chi connectivity index (χ3v) is 8.26. The molecule has 3 aliphatic rings. The van der Waals surface area contributed by atoms with Crippen LogP contribution in [0.25, 0.3) is 0 Å². The fraction of sp³-hybridized carbons (Fsp3) is 0.483. The standard InChI is InChI=1S/C29H32O13/c1-10-23(38-4)22(34)25(39-5)28(41-10)42-24-18-14(26(35)29(2,36)27(24)40-6)9-13-17(21(18)33)20(32)16-12(19(13)31)7-11(37-3)8-15(16)30/h7-10,22-25,27-28,30,33-34,36H,1-6H3/t10-,22+,23+,24-,25+,27-,28+,29-/m1/s1. The number of ketones is 3. The number of aromatic hydroxyl groups is 2. The highest BCUT2D eigenvalue weighted by Gasteiger charge is 2.56. The average Bonchev–Trinajstić information content (AvgIpc) is 2.94. The van der Waals surface area contributed by atoms with Crippen LogP contribution >= 0.6 is 0 Å². The molecule has 5 rings (SSSR count). The van der Waals surface area contributed by atoms with Gasteiger partial charge in [-0.1, -0.05) is 0 Å². The lowest BCUT2D eigenvalue weighted by atomic mass is 9.72. The molecule has 0 unspecified atom stereocenters. The number of rotatable bonds is 6. The predicted octanol–water partition coefficient (Wildman–Crippen LogP) is 1.04. The van der Waals surface area contributed by atoms with Crippen molar-refractivity contribution in [1.82, 2.24) is 0 Å². The van der Waals surface area contributed by atoms with Crippen molar-refractivity contribution < 1.29 is 63.2 Å². The lowest BCUT2D eigenvalue weighted by molar-refractivity contribution is -0.323. The van der Waals surface area contributed by atoms with Gasteiger partial charge in [-0.2, -0.15) is 0 Å². The molecule has 13 heteroatoms. The van der Waals surface area contributed by atoms with E-state index in [-0.39, 0.29) is 33.6 Å². The quantitative estimate of drug-likeness (QED) is 0.320. The topological polar surface area (TPSA) is 188 Å². The minimum Gasteiger partial charge on any atom is -0.507 e. The number of hydrogen-bond acceptors (Lipinski definition) is 13. The first-order chi connectivity index (χ1) is 19.8. The van der Waals surface area contributed by atoms with E-state index in [1.54, 1.807) is 6.92 Å². The molecule has 13 nitrogen and oxygen atoms in total. The molecule has 1 fully saturated rings. The first kappa shape index (κ1) is 30.0. The van der Waals surface area contributed by atoms with Crippen molar-refractivity contribution in [3.8, 4) is 17.2 Å². The van der Waals surface area contributed by atoms with Crippen LogP contribution in [0.2, 0.25) is 0 Å². The Hall–Kier alpha value is -3.43. The summed E-state index contributed by atoms with van der Waals surface area (Å²) in [6, 6.07) is 3.53. The fourth-order valence-corrected chi connectivity index (χ4v) is 6.14. The van der Waals surface area contributed by atoms with Gasteiger partial charge >= 0.3 is 0 Å². The Morgan fingerprint density at radius 1 is 0.857 bits per heavy atom. The largest absolute Gasteiger partial charge is 0.507 e. The van der Waals surface area contributed by atoms with Crippen LogP contribution in [0, 0.1) is 0 Å². The highest BCUT2D eigenvalue weighted by Crippen LogP contribution is 2.49. The van der Waals surface area contributed by atoms with Crippen LogP contribution < -0.4 is 4.74 Å². The zero-order chi connectivity index (χ0) is 30.8. The van der Waals surface area contributed by atoms with Crippen LogP contribution in [0.1, 0.15) is 67.7 Å². The number of fused-ring (bicyclic) bond motifs is 3. The molecule has 0 spiro atoms. The van der Waals surface area contributed by atoms with Crippen molar-refractivity contribution in [2.45, 2.75) is 62.4 Å². The number of carbonyl (C=O) groups excluding carboxylic acids is 3. The van der Waals surface area contributed by atoms with Gasteiger partial charge in [0, 0.05) is 49.6 Å². The molecule has 1 saturated heterocycles. The molecule has 4 N–H and O–H groups in total. The van der Waals surface area contributed by atoms with E-state index in [0.29, 0.717) is 0 Å². The Bertz CT molecular complexity index is 1460. The Morgan fingerprint density at radius 2 is 1.50 bits per heavy atom. The molecule has 8 atom stereocenters. The number of phenols is 2. The minimum absolute atomic E-state index is 0.112. The van der Waals surface area contributed by atoms with E-state index in [4.69, 9.17) is 28.4 Å². The molecule has 42 heavy (non-hydrogen) atoms. The number of phenolic OH excluding ortho intramolecular Hbond substituents is 2. The molecular weight excluding hydrogens is 556 g/mol. The molecule has 0 bridgehead atoms. The Labute approximate surface area is 240 Å². The summed E-state index contributed by atoms with van der Waals surface area (Å²) in [5.41, 5.74) is -4.09. The van der Waals surface area contributed by atoms with Crippen LogP contribution in [0.5, 0.6) is 17.2 Å². The number of ether oxygens (including phenoxy) is 6. The van der Waals surface area contributed by atoms with Gasteiger partial charge in [0.05, 0.1) is 24.3 Å². The van der Waals surface area contributed by atoms with Crippen LogP contribution in [0.4, 0.5) is 0 Å². The third kappa shape index (κ3) is 4.23. The van der Waals surface area contributed by atoms with E-state index in [0.717, 1.165) is 12.1 Å². The maximum atomic E-state index is 13.7. The van der Waals surface area contributed by atoms with Crippen molar-refractivity contribution in [2.75, 3.05) is 28.4 Å². The monoisotopic (exact) mass is 588 g/mol. The summed E-state index contributed by atoms with van der Waals surface area (Å²) in [5, 5.41) is 44.4. The van der Waals surface area contributed by atoms with E-state index in [1.807, 2.05) is 0 Å². The number of carbonyl (C=O) groups is 3. The first-order valence-electron chi connectivity index (χ1n) is 13.1. The van der Waals surface area contributed by atoms with E-state index in [2.05, 4.69) is 0 Å². The van der Waals surface area contributed by atoms with Crippen LogP contribution in [-0.2, 0) is 23.7 Å². The second kappa shape index (κ2) is 10.7. The maximum Gasteiger partial charge on any atom is 0.201 e. The molecule has 0 saturated carbocycles. The number of methoxy groups -OCH3 is 4. The number of aliphatic hydroxyl groups excluding tert-OH is 1. The van der Waals surface area contributed by atoms with Gasteiger partial charge in [-0.3, -0.25) is 14.4 Å². The maximum absolute atomic E-state index is 13.7. The predicted molar refractivity (Wildman–Crippen MR) is 141 cm³/mol. The summed E-state index contributed by atoms with van der Waals surface area (Å²) in [6.07, 6.45) is -8.04. The van der Waals surface area contributed by atoms with Gasteiger partial charge in [-0.05, 0) is 26.0 Å². The number of hydrogen-bond donors (Lipinski definition) is 4. The summed E-state index contributed by atoms with van der Waals surface area (Å²) in [6.45, 7) is 2.83. The van der Waals surface area contributed by atoms with Crippen molar-refractivity contribution in [3.05, 3.63) is 51.6 Å². The molecule has 2 aromatic rings. The number of benzene rings is 2. The Morgan fingerprint density at radius 3 is 2.10 bits per heavy atom. The summed E-state index contributed by atoms with van der Waals surface area (Å²) >= 11 is 0. The molecule has 1 aliphatic heterocycles. The summed E-state index contributed by atoms with van der Waals surface area (Å²) in [5.74, 6) is -3.74. The van der Waals surface area contributed by atoms with Crippen LogP contribution in [-0.4, -0.2) is 109 Å². The van der Waals surface area contributed by atoms with Gasteiger partial charge in [0.2, 0.25) is 5.78 Å². The number of Topliss-reactive ketones (excluding diaryl/α,β-unsaturated/α-hetero) is 1. The van der Waals surface area contributed by atoms with Gasteiger partial charge in [-0.15, -0.1) is 0 Å². The van der Waals surface area contributed by atoms with E-state index < -0.39 is 82.9 Å². The van der Waals surface area contributed by atoms with Gasteiger partial charge < -0.3 is 48.8 Å². The molecule has 0 amide bonds. The number of aliphatic hydroxyl groups is 2. The van der Waals surface area contributed by atoms with E-state index in [9.17, 15) is 34.8 Å². The summed E-state index contributed by atoms with van der Waals surface area (Å²) < 4.78 is 33.5. The Kier molecular flexibility index (Phi) is 7.64. The van der Waals surface area contributed by atoms with Gasteiger partial charge in [0.25, 0.3) is 0 Å². The summed E-state index contributed by atoms with van der Waals surface area (Å²) in [4.78, 5) is 40.9. The molecule has 0 radical (unpaired) electrons. The minimum atomic E-state index is -2.23. The molecule has 0 aromatic heterocycles. The lowest BCUT2D eigenvalue weighted by Crippen LogP contribution is -2.61. The van der Waals surface area contributed by atoms with Gasteiger partial charge in [0.15, 0.2) is 23.5 Å². The van der Waals surface area contributed by atoms with Crippen molar-refractivity contribution in [1.29, 1.82) is 0 Å². The average molecular weight is 589 g/mol.